The third-order valence-electron chi connectivity index (χ3n) is 8.49. The highest BCUT2D eigenvalue weighted by atomic mass is 35.5. The van der Waals surface area contributed by atoms with Crippen molar-refractivity contribution in [3.8, 4) is 5.69 Å². The van der Waals surface area contributed by atoms with Gasteiger partial charge >= 0.3 is 6.03 Å². The Balaban J connectivity index is 1.20. The van der Waals surface area contributed by atoms with Gasteiger partial charge < -0.3 is 10.6 Å². The number of hydrogen-bond donors (Lipinski definition) is 2. The molecule has 1 fully saturated rings. The summed E-state index contributed by atoms with van der Waals surface area (Å²) < 4.78 is 15.4. The number of urea groups is 1. The molecular formula is C32H31ClFN5O. The van der Waals surface area contributed by atoms with Gasteiger partial charge in [-0.3, -0.25) is 0 Å². The summed E-state index contributed by atoms with van der Waals surface area (Å²) in [6, 6.07) is 19.9. The lowest BCUT2D eigenvalue weighted by molar-refractivity contribution is 0.216. The number of halogens is 2. The molecule has 0 bridgehead atoms. The molecular weight excluding hydrogens is 525 g/mol. The van der Waals surface area contributed by atoms with E-state index < -0.39 is 0 Å². The number of fused-ring (bicyclic) bond motifs is 2. The van der Waals surface area contributed by atoms with Gasteiger partial charge in [-0.25, -0.2) is 18.9 Å². The SMILES string of the molecule is C[C@]12Cc3cnn(-c4ccc(F)cc4)c3C=C1CC[C@@H]2CC(NC(=O)NCc1ccc(Cl)nc1)c1ccccc1. The summed E-state index contributed by atoms with van der Waals surface area (Å²) in [6.07, 6.45) is 9.67. The van der Waals surface area contributed by atoms with Crippen molar-refractivity contribution in [2.75, 3.05) is 0 Å². The van der Waals surface area contributed by atoms with Gasteiger partial charge in [-0.15, -0.1) is 0 Å². The van der Waals surface area contributed by atoms with Crippen LogP contribution in [-0.2, 0) is 13.0 Å². The first-order valence-corrected chi connectivity index (χ1v) is 14.0. The Morgan fingerprint density at radius 2 is 1.93 bits per heavy atom. The van der Waals surface area contributed by atoms with Crippen LogP contribution in [0.2, 0.25) is 5.15 Å². The lowest BCUT2D eigenvalue weighted by Gasteiger charge is -2.37. The number of nitrogens with zero attached hydrogens (tertiary/aromatic N) is 3. The molecule has 8 heteroatoms. The third-order valence-corrected chi connectivity index (χ3v) is 8.72. The number of carbonyl (C=O) groups excluding carboxylic acids is 1. The zero-order chi connectivity index (χ0) is 27.7. The fraction of sp³-hybridized carbons (Fsp3) is 0.281. The van der Waals surface area contributed by atoms with Gasteiger partial charge in [0.25, 0.3) is 0 Å². The number of carbonyl (C=O) groups is 1. The number of amides is 2. The molecule has 2 amide bonds. The molecule has 0 saturated heterocycles. The summed E-state index contributed by atoms with van der Waals surface area (Å²) >= 11 is 5.88. The predicted octanol–water partition coefficient (Wildman–Crippen LogP) is 7.05. The highest BCUT2D eigenvalue weighted by Crippen LogP contribution is 2.55. The topological polar surface area (TPSA) is 71.8 Å². The molecule has 1 unspecified atom stereocenters. The smallest absolute Gasteiger partial charge is 0.315 e. The number of rotatable bonds is 7. The summed E-state index contributed by atoms with van der Waals surface area (Å²) in [5, 5.41) is 11.3. The Labute approximate surface area is 238 Å². The molecule has 40 heavy (non-hydrogen) atoms. The van der Waals surface area contributed by atoms with Crippen molar-refractivity contribution < 1.29 is 9.18 Å². The van der Waals surface area contributed by atoms with Crippen LogP contribution in [0, 0.1) is 17.2 Å². The van der Waals surface area contributed by atoms with E-state index in [1.807, 2.05) is 35.1 Å². The van der Waals surface area contributed by atoms with E-state index in [2.05, 4.69) is 45.8 Å². The monoisotopic (exact) mass is 555 g/mol. The van der Waals surface area contributed by atoms with Gasteiger partial charge in [0.15, 0.2) is 0 Å². The van der Waals surface area contributed by atoms with E-state index >= 15 is 0 Å². The van der Waals surface area contributed by atoms with Crippen LogP contribution in [0.5, 0.6) is 0 Å². The molecule has 6 rings (SSSR count). The van der Waals surface area contributed by atoms with Crippen LogP contribution in [0.15, 0.2) is 84.7 Å². The van der Waals surface area contributed by atoms with Crippen LogP contribution in [0.25, 0.3) is 11.8 Å². The van der Waals surface area contributed by atoms with E-state index in [4.69, 9.17) is 11.6 Å². The third kappa shape index (κ3) is 5.26. The minimum absolute atomic E-state index is 0.0240. The average Bonchev–Trinajstić information content (AvgIpc) is 3.51. The quantitative estimate of drug-likeness (QED) is 0.240. The maximum atomic E-state index is 13.5. The van der Waals surface area contributed by atoms with Gasteiger partial charge in [-0.2, -0.15) is 5.10 Å². The van der Waals surface area contributed by atoms with E-state index in [0.717, 1.165) is 48.2 Å². The van der Waals surface area contributed by atoms with Gasteiger partial charge in [0.1, 0.15) is 11.0 Å². The Morgan fingerprint density at radius 1 is 1.12 bits per heavy atom. The molecule has 204 valence electrons. The number of allylic oxidation sites excluding steroid dienone is 1. The number of nitrogens with one attached hydrogen (secondary N) is 2. The van der Waals surface area contributed by atoms with Crippen LogP contribution in [0.3, 0.4) is 0 Å². The van der Waals surface area contributed by atoms with Gasteiger partial charge in [0.05, 0.1) is 23.6 Å². The molecule has 6 nitrogen and oxygen atoms in total. The Hall–Kier alpha value is -3.97. The fourth-order valence-electron chi connectivity index (χ4n) is 6.25. The first-order valence-electron chi connectivity index (χ1n) is 13.6. The van der Waals surface area contributed by atoms with E-state index in [9.17, 15) is 9.18 Å². The molecule has 3 atom stereocenters. The van der Waals surface area contributed by atoms with Crippen molar-refractivity contribution in [3.63, 3.8) is 0 Å². The van der Waals surface area contributed by atoms with Crippen LogP contribution in [0.1, 0.15) is 54.6 Å². The molecule has 4 aromatic rings. The molecule has 1 saturated carbocycles. The van der Waals surface area contributed by atoms with Gasteiger partial charge in [-0.05, 0) is 90.1 Å². The highest BCUT2D eigenvalue weighted by Gasteiger charge is 2.46. The minimum atomic E-state index is -0.258. The van der Waals surface area contributed by atoms with Crippen LogP contribution in [-0.4, -0.2) is 20.8 Å². The van der Waals surface area contributed by atoms with Crippen molar-refractivity contribution in [1.82, 2.24) is 25.4 Å². The number of aromatic nitrogens is 3. The second-order valence-corrected chi connectivity index (χ2v) is 11.3. The normalized spacial score (nSPS) is 20.3. The lowest BCUT2D eigenvalue weighted by Crippen LogP contribution is -2.39. The van der Waals surface area contributed by atoms with E-state index in [-0.39, 0.29) is 23.3 Å². The van der Waals surface area contributed by atoms with Crippen LogP contribution >= 0.6 is 11.6 Å². The maximum absolute atomic E-state index is 13.5. The van der Waals surface area contributed by atoms with E-state index in [0.29, 0.717) is 17.6 Å². The van der Waals surface area contributed by atoms with Crippen LogP contribution in [0.4, 0.5) is 9.18 Å². The van der Waals surface area contributed by atoms with Gasteiger partial charge in [0, 0.05) is 12.7 Å². The van der Waals surface area contributed by atoms with Crippen molar-refractivity contribution in [2.45, 2.75) is 45.2 Å². The summed E-state index contributed by atoms with van der Waals surface area (Å²) in [5.74, 6) is 0.124. The zero-order valence-corrected chi connectivity index (χ0v) is 23.0. The first kappa shape index (κ1) is 26.3. The Kier molecular flexibility index (Phi) is 7.15. The van der Waals surface area contributed by atoms with Crippen molar-refractivity contribution in [2.24, 2.45) is 11.3 Å². The van der Waals surface area contributed by atoms with Crippen molar-refractivity contribution in [3.05, 3.63) is 118 Å². The number of benzene rings is 2. The van der Waals surface area contributed by atoms with E-state index in [1.165, 1.54) is 23.3 Å². The molecule has 2 aliphatic rings. The van der Waals surface area contributed by atoms with Gasteiger partial charge in [0.2, 0.25) is 0 Å². The van der Waals surface area contributed by atoms with E-state index in [1.54, 1.807) is 24.4 Å². The summed E-state index contributed by atoms with van der Waals surface area (Å²) in [4.78, 5) is 17.1. The predicted molar refractivity (Wildman–Crippen MR) is 154 cm³/mol. The van der Waals surface area contributed by atoms with Gasteiger partial charge in [-0.1, -0.05) is 60.5 Å². The zero-order valence-electron chi connectivity index (χ0n) is 22.3. The second-order valence-electron chi connectivity index (χ2n) is 11.0. The molecule has 2 aliphatic carbocycles. The Morgan fingerprint density at radius 3 is 2.67 bits per heavy atom. The van der Waals surface area contributed by atoms with Crippen molar-refractivity contribution in [1.29, 1.82) is 0 Å². The molecule has 2 N–H and O–H groups in total. The largest absolute Gasteiger partial charge is 0.334 e. The number of pyridine rings is 1. The van der Waals surface area contributed by atoms with Crippen molar-refractivity contribution >= 4 is 23.7 Å². The maximum Gasteiger partial charge on any atom is 0.315 e. The molecule has 0 radical (unpaired) electrons. The molecule has 2 heterocycles. The minimum Gasteiger partial charge on any atom is -0.334 e. The molecule has 2 aromatic carbocycles. The highest BCUT2D eigenvalue weighted by molar-refractivity contribution is 6.29. The summed E-state index contributed by atoms with van der Waals surface area (Å²) in [7, 11) is 0. The standard InChI is InChI=1S/C32H31ClFN5O/c1-32-17-23-20-37-39(27-12-10-26(34)11-13-27)29(23)16-25(32)9-8-24(32)15-28(22-5-3-2-4-6-22)38-31(40)36-19-21-7-14-30(33)35-18-21/h2-7,10-14,16,18,20,24,28H,8-9,15,17,19H2,1H3,(H2,36,38,40)/t24-,28?,32-/m1/s1. The van der Waals surface area contributed by atoms with Crippen LogP contribution < -0.4 is 10.6 Å². The average molecular weight is 556 g/mol. The summed E-state index contributed by atoms with van der Waals surface area (Å²) in [5.41, 5.74) is 6.49. The summed E-state index contributed by atoms with van der Waals surface area (Å²) in [6.45, 7) is 2.72. The molecule has 0 aliphatic heterocycles. The first-order chi connectivity index (χ1) is 19.4. The Bertz CT molecular complexity index is 1530. The molecule has 2 aromatic heterocycles. The lowest BCUT2D eigenvalue weighted by atomic mass is 9.68. The second kappa shape index (κ2) is 10.9. The number of hydrogen-bond acceptors (Lipinski definition) is 3. The molecule has 0 spiro atoms. The fourth-order valence-corrected chi connectivity index (χ4v) is 6.36.